The third-order valence-electron chi connectivity index (χ3n) is 4.42. The number of rotatable bonds is 3. The number of esters is 1. The van der Waals surface area contributed by atoms with Gasteiger partial charge in [0.25, 0.3) is 0 Å². The zero-order valence-corrected chi connectivity index (χ0v) is 14.3. The van der Waals surface area contributed by atoms with Gasteiger partial charge in [-0.3, -0.25) is 4.79 Å². The zero-order valence-electron chi connectivity index (χ0n) is 13.5. The van der Waals surface area contributed by atoms with E-state index in [1.165, 1.54) is 11.3 Å². The lowest BCUT2D eigenvalue weighted by molar-refractivity contribution is 0.0530. The highest BCUT2D eigenvalue weighted by atomic mass is 32.1. The minimum Gasteiger partial charge on any atom is -0.462 e. The van der Waals surface area contributed by atoms with E-state index < -0.39 is 0 Å². The minimum absolute atomic E-state index is 0.0886. The van der Waals surface area contributed by atoms with E-state index in [1.54, 1.807) is 0 Å². The molecule has 0 atom stereocenters. The van der Waals surface area contributed by atoms with Gasteiger partial charge in [0.2, 0.25) is 0 Å². The summed E-state index contributed by atoms with van der Waals surface area (Å²) in [4.78, 5) is 27.9. The Morgan fingerprint density at radius 3 is 2.59 bits per heavy atom. The van der Waals surface area contributed by atoms with Crippen LogP contribution in [-0.2, 0) is 11.2 Å². The van der Waals surface area contributed by atoms with Crippen LogP contribution in [0.15, 0.2) is 0 Å². The van der Waals surface area contributed by atoms with Crippen LogP contribution < -0.4 is 4.90 Å². The molecule has 0 N–H and O–H groups in total. The molecule has 1 aliphatic carbocycles. The number of hydrogen-bond acceptors (Lipinski definition) is 5. The number of fused-ring (bicyclic) bond motifs is 1. The monoisotopic (exact) mass is 321 g/mol. The fourth-order valence-electron chi connectivity index (χ4n) is 3.48. The maximum atomic E-state index is 12.7. The van der Waals surface area contributed by atoms with E-state index in [0.717, 1.165) is 48.5 Å². The number of thiophene rings is 1. The van der Waals surface area contributed by atoms with Crippen LogP contribution in [0.25, 0.3) is 0 Å². The van der Waals surface area contributed by atoms with Gasteiger partial charge in [-0.1, -0.05) is 13.8 Å². The van der Waals surface area contributed by atoms with Crippen molar-refractivity contribution in [1.29, 1.82) is 0 Å². The predicted molar refractivity (Wildman–Crippen MR) is 88.2 cm³/mol. The van der Waals surface area contributed by atoms with Gasteiger partial charge in [0, 0.05) is 19.5 Å². The fourth-order valence-corrected chi connectivity index (χ4v) is 4.76. The molecule has 1 aromatic heterocycles. The van der Waals surface area contributed by atoms with Crippen molar-refractivity contribution in [2.24, 2.45) is 5.41 Å². The highest BCUT2D eigenvalue weighted by molar-refractivity contribution is 7.18. The Morgan fingerprint density at radius 1 is 1.27 bits per heavy atom. The molecule has 1 aliphatic heterocycles. The third kappa shape index (κ3) is 2.67. The molecule has 4 nitrogen and oxygen atoms in total. The molecule has 2 heterocycles. The molecule has 0 bridgehead atoms. The minimum atomic E-state index is -0.278. The van der Waals surface area contributed by atoms with Crippen molar-refractivity contribution in [2.45, 2.75) is 46.5 Å². The van der Waals surface area contributed by atoms with Crippen LogP contribution in [0.1, 0.15) is 65.6 Å². The summed E-state index contributed by atoms with van der Waals surface area (Å²) in [5, 5.41) is 0.996. The third-order valence-corrected chi connectivity index (χ3v) is 5.69. The van der Waals surface area contributed by atoms with Crippen molar-refractivity contribution < 1.29 is 14.3 Å². The Balaban J connectivity index is 2.09. The highest BCUT2D eigenvalue weighted by Gasteiger charge is 2.39. The van der Waals surface area contributed by atoms with Gasteiger partial charge in [-0.05, 0) is 37.2 Å². The molecule has 1 aromatic rings. The van der Waals surface area contributed by atoms with Gasteiger partial charge in [0.15, 0.2) is 5.78 Å². The number of Topliss-reactive ketones (excluding diaryl/α,β-unsaturated/α-hetero) is 1. The van der Waals surface area contributed by atoms with E-state index in [1.807, 2.05) is 6.92 Å². The number of ether oxygens (including phenoxy) is 1. The first-order valence-electron chi connectivity index (χ1n) is 8.04. The molecule has 0 radical (unpaired) electrons. The molecule has 1 saturated heterocycles. The van der Waals surface area contributed by atoms with Gasteiger partial charge in [0.05, 0.1) is 12.2 Å². The van der Waals surface area contributed by atoms with Crippen LogP contribution in [-0.4, -0.2) is 31.4 Å². The largest absolute Gasteiger partial charge is 0.462 e. The summed E-state index contributed by atoms with van der Waals surface area (Å²) in [6.07, 6.45) is 3.63. The normalized spacial score (nSPS) is 20.1. The highest BCUT2D eigenvalue weighted by Crippen LogP contribution is 2.46. The summed E-state index contributed by atoms with van der Waals surface area (Å²) in [6.45, 7) is 8.32. The summed E-state index contributed by atoms with van der Waals surface area (Å²) >= 11 is 1.46. The van der Waals surface area contributed by atoms with Crippen LogP contribution in [0.3, 0.4) is 0 Å². The Hall–Kier alpha value is -1.36. The molecule has 0 unspecified atom stereocenters. The van der Waals surface area contributed by atoms with Gasteiger partial charge < -0.3 is 9.64 Å². The van der Waals surface area contributed by atoms with Crippen molar-refractivity contribution in [3.05, 3.63) is 16.0 Å². The fraction of sp³-hybridized carbons (Fsp3) is 0.647. The molecule has 22 heavy (non-hydrogen) atoms. The topological polar surface area (TPSA) is 46.6 Å². The van der Waals surface area contributed by atoms with Gasteiger partial charge in [-0.2, -0.15) is 0 Å². The quantitative estimate of drug-likeness (QED) is 0.797. The Kier molecular flexibility index (Phi) is 4.02. The van der Waals surface area contributed by atoms with E-state index >= 15 is 0 Å². The number of hydrogen-bond donors (Lipinski definition) is 0. The van der Waals surface area contributed by atoms with Crippen molar-refractivity contribution >= 4 is 28.1 Å². The second kappa shape index (κ2) is 5.69. The van der Waals surface area contributed by atoms with Crippen LogP contribution in [0, 0.1) is 5.41 Å². The Bertz CT molecular complexity index is 612. The number of carbonyl (C=O) groups excluding carboxylic acids is 2. The molecule has 3 rings (SSSR count). The van der Waals surface area contributed by atoms with Crippen LogP contribution >= 0.6 is 11.3 Å². The van der Waals surface area contributed by atoms with Crippen molar-refractivity contribution in [3.8, 4) is 0 Å². The standard InChI is InChI=1S/C17H23NO3S/c1-4-21-16(20)14-11-9-17(2,3)10-12(19)13(11)15(22-14)18-7-5-6-8-18/h4-10H2,1-3H3. The lowest BCUT2D eigenvalue weighted by atomic mass is 9.74. The SMILES string of the molecule is CCOC(=O)c1sc(N2CCCC2)c2c1CC(C)(C)CC2=O. The molecule has 0 aromatic carbocycles. The maximum absolute atomic E-state index is 12.7. The summed E-state index contributed by atoms with van der Waals surface area (Å²) in [5.41, 5.74) is 1.63. The molecule has 2 aliphatic rings. The van der Waals surface area contributed by atoms with E-state index in [9.17, 15) is 9.59 Å². The number of ketones is 1. The van der Waals surface area contributed by atoms with E-state index in [-0.39, 0.29) is 17.2 Å². The van der Waals surface area contributed by atoms with Crippen molar-refractivity contribution in [2.75, 3.05) is 24.6 Å². The van der Waals surface area contributed by atoms with E-state index in [0.29, 0.717) is 17.9 Å². The first-order valence-corrected chi connectivity index (χ1v) is 8.85. The molecule has 0 spiro atoms. The predicted octanol–water partition coefficient (Wildman–Crippen LogP) is 3.68. The first kappa shape index (κ1) is 15.5. The van der Waals surface area contributed by atoms with Crippen molar-refractivity contribution in [3.63, 3.8) is 0 Å². The molecule has 1 fully saturated rings. The van der Waals surface area contributed by atoms with Crippen molar-refractivity contribution in [1.82, 2.24) is 0 Å². The van der Waals surface area contributed by atoms with Gasteiger partial charge >= 0.3 is 5.97 Å². The Labute approximate surface area is 135 Å². The molecule has 5 heteroatoms. The average Bonchev–Trinajstić information content (AvgIpc) is 3.03. The van der Waals surface area contributed by atoms with E-state index in [2.05, 4.69) is 18.7 Å². The van der Waals surface area contributed by atoms with Crippen LogP contribution in [0.5, 0.6) is 0 Å². The second-order valence-electron chi connectivity index (χ2n) is 6.95. The lowest BCUT2D eigenvalue weighted by Crippen LogP contribution is -2.29. The molecule has 0 amide bonds. The summed E-state index contributed by atoms with van der Waals surface area (Å²) in [5.74, 6) is -0.0976. The van der Waals surface area contributed by atoms with Gasteiger partial charge in [-0.15, -0.1) is 11.3 Å². The average molecular weight is 321 g/mol. The van der Waals surface area contributed by atoms with E-state index in [4.69, 9.17) is 4.74 Å². The first-order chi connectivity index (χ1) is 10.4. The summed E-state index contributed by atoms with van der Waals surface area (Å²) < 4.78 is 5.22. The number of carbonyl (C=O) groups is 2. The second-order valence-corrected chi connectivity index (χ2v) is 7.94. The molecular formula is C17H23NO3S. The van der Waals surface area contributed by atoms with Crippen LogP contribution in [0.2, 0.25) is 0 Å². The maximum Gasteiger partial charge on any atom is 0.348 e. The molecule has 120 valence electrons. The summed E-state index contributed by atoms with van der Waals surface area (Å²) in [7, 11) is 0. The Morgan fingerprint density at radius 2 is 1.95 bits per heavy atom. The zero-order chi connectivity index (χ0) is 15.9. The van der Waals surface area contributed by atoms with Gasteiger partial charge in [0.1, 0.15) is 9.88 Å². The molecular weight excluding hydrogens is 298 g/mol. The smallest absolute Gasteiger partial charge is 0.348 e. The van der Waals surface area contributed by atoms with Gasteiger partial charge in [-0.25, -0.2) is 4.79 Å². The molecule has 0 saturated carbocycles. The number of anilines is 1. The summed E-state index contributed by atoms with van der Waals surface area (Å²) in [6, 6.07) is 0. The number of nitrogens with zero attached hydrogens (tertiary/aromatic N) is 1. The van der Waals surface area contributed by atoms with Crippen LogP contribution in [0.4, 0.5) is 5.00 Å². The lowest BCUT2D eigenvalue weighted by Gasteiger charge is -2.30.